The van der Waals surface area contributed by atoms with Gasteiger partial charge in [0, 0.05) is 25.7 Å². The number of hydrogen-bond donors (Lipinski definition) is 1. The highest BCUT2D eigenvalue weighted by Gasteiger charge is 2.37. The quantitative estimate of drug-likeness (QED) is 0.843. The topological polar surface area (TPSA) is 66.6 Å². The van der Waals surface area contributed by atoms with E-state index in [4.69, 9.17) is 5.73 Å². The highest BCUT2D eigenvalue weighted by atomic mass is 32.2. The second-order valence-corrected chi connectivity index (χ2v) is 8.08. The van der Waals surface area contributed by atoms with Crippen molar-refractivity contribution in [2.45, 2.75) is 45.6 Å². The molecule has 2 rings (SSSR count). The standard InChI is InChI=1S/C13H27N3O2S/c1-11-5-7-16(12(2)8-11)19(17,18)15-6-3-4-13(9-14)10-15/h11-13H,3-10,14H2,1-2H3. The molecule has 0 aliphatic carbocycles. The Hall–Kier alpha value is -0.170. The lowest BCUT2D eigenvalue weighted by molar-refractivity contribution is 0.190. The number of hydrogen-bond acceptors (Lipinski definition) is 3. The molecule has 2 saturated heterocycles. The molecule has 6 heteroatoms. The van der Waals surface area contributed by atoms with E-state index in [1.54, 1.807) is 8.61 Å². The summed E-state index contributed by atoms with van der Waals surface area (Å²) in [4.78, 5) is 0. The molecule has 19 heavy (non-hydrogen) atoms. The van der Waals surface area contributed by atoms with E-state index in [2.05, 4.69) is 6.92 Å². The fourth-order valence-corrected chi connectivity index (χ4v) is 5.24. The largest absolute Gasteiger partial charge is 0.330 e. The van der Waals surface area contributed by atoms with Gasteiger partial charge in [0.15, 0.2) is 0 Å². The van der Waals surface area contributed by atoms with Crippen molar-refractivity contribution in [3.63, 3.8) is 0 Å². The van der Waals surface area contributed by atoms with Crippen molar-refractivity contribution < 1.29 is 8.42 Å². The van der Waals surface area contributed by atoms with Gasteiger partial charge in [-0.2, -0.15) is 17.0 Å². The summed E-state index contributed by atoms with van der Waals surface area (Å²) < 4.78 is 28.8. The summed E-state index contributed by atoms with van der Waals surface area (Å²) in [6, 6.07) is 0.118. The molecule has 112 valence electrons. The third-order valence-electron chi connectivity index (χ3n) is 4.52. The Kier molecular flexibility index (Phi) is 4.87. The fraction of sp³-hybridized carbons (Fsp3) is 1.00. The average Bonchev–Trinajstić information content (AvgIpc) is 2.38. The van der Waals surface area contributed by atoms with Gasteiger partial charge in [-0.15, -0.1) is 0 Å². The molecule has 0 aromatic carbocycles. The molecule has 2 aliphatic rings. The molecular formula is C13H27N3O2S. The number of piperidine rings is 2. The fourth-order valence-electron chi connectivity index (χ4n) is 3.31. The van der Waals surface area contributed by atoms with Crippen LogP contribution in [-0.4, -0.2) is 49.2 Å². The molecule has 0 bridgehead atoms. The Morgan fingerprint density at radius 1 is 1.21 bits per heavy atom. The lowest BCUT2D eigenvalue weighted by Gasteiger charge is -2.40. The Morgan fingerprint density at radius 3 is 2.58 bits per heavy atom. The molecule has 3 atom stereocenters. The minimum atomic E-state index is -3.29. The van der Waals surface area contributed by atoms with Crippen LogP contribution in [0, 0.1) is 11.8 Å². The Balaban J connectivity index is 2.08. The van der Waals surface area contributed by atoms with Crippen LogP contribution >= 0.6 is 0 Å². The van der Waals surface area contributed by atoms with Gasteiger partial charge in [0.05, 0.1) is 0 Å². The second-order valence-electron chi connectivity index (χ2n) is 6.20. The smallest absolute Gasteiger partial charge is 0.282 e. The molecular weight excluding hydrogens is 262 g/mol. The number of nitrogens with zero attached hydrogens (tertiary/aromatic N) is 2. The van der Waals surface area contributed by atoms with E-state index < -0.39 is 10.2 Å². The molecule has 2 heterocycles. The van der Waals surface area contributed by atoms with Crippen LogP contribution in [-0.2, 0) is 10.2 Å². The summed E-state index contributed by atoms with van der Waals surface area (Å²) >= 11 is 0. The average molecular weight is 289 g/mol. The van der Waals surface area contributed by atoms with E-state index in [0.717, 1.165) is 25.7 Å². The molecule has 2 N–H and O–H groups in total. The molecule has 0 saturated carbocycles. The van der Waals surface area contributed by atoms with Gasteiger partial charge in [0.1, 0.15) is 0 Å². The van der Waals surface area contributed by atoms with E-state index in [1.165, 1.54) is 0 Å². The second kappa shape index (κ2) is 6.08. The SMILES string of the molecule is CC1CCN(S(=O)(=O)N2CCCC(CN)C2)C(C)C1. The van der Waals surface area contributed by atoms with Gasteiger partial charge in [-0.3, -0.25) is 0 Å². The van der Waals surface area contributed by atoms with Crippen LogP contribution in [0.2, 0.25) is 0 Å². The zero-order chi connectivity index (χ0) is 14.0. The molecule has 0 aromatic rings. The van der Waals surface area contributed by atoms with E-state index in [9.17, 15) is 8.42 Å². The molecule has 3 unspecified atom stereocenters. The van der Waals surface area contributed by atoms with Crippen molar-refractivity contribution in [3.05, 3.63) is 0 Å². The normalized spacial score (nSPS) is 35.4. The lowest BCUT2D eigenvalue weighted by atomic mass is 9.95. The van der Waals surface area contributed by atoms with Crippen LogP contribution in [0.4, 0.5) is 0 Å². The van der Waals surface area contributed by atoms with Crippen molar-refractivity contribution in [3.8, 4) is 0 Å². The van der Waals surface area contributed by atoms with E-state index >= 15 is 0 Å². The third kappa shape index (κ3) is 3.29. The first kappa shape index (κ1) is 15.2. The summed E-state index contributed by atoms with van der Waals surface area (Å²) in [5.41, 5.74) is 5.70. The minimum absolute atomic E-state index is 0.118. The van der Waals surface area contributed by atoms with Gasteiger partial charge in [0.2, 0.25) is 0 Å². The first-order valence-electron chi connectivity index (χ1n) is 7.42. The third-order valence-corrected chi connectivity index (χ3v) is 6.63. The Morgan fingerprint density at radius 2 is 1.95 bits per heavy atom. The maximum atomic E-state index is 12.7. The van der Waals surface area contributed by atoms with Crippen molar-refractivity contribution in [2.75, 3.05) is 26.2 Å². The van der Waals surface area contributed by atoms with Crippen molar-refractivity contribution in [1.82, 2.24) is 8.61 Å². The van der Waals surface area contributed by atoms with Crippen LogP contribution in [0.3, 0.4) is 0 Å². The van der Waals surface area contributed by atoms with Gasteiger partial charge in [-0.05, 0) is 51.0 Å². The predicted molar refractivity (Wildman–Crippen MR) is 76.8 cm³/mol. The zero-order valence-corrected chi connectivity index (χ0v) is 12.9. The highest BCUT2D eigenvalue weighted by Crippen LogP contribution is 2.28. The van der Waals surface area contributed by atoms with Crippen molar-refractivity contribution >= 4 is 10.2 Å². The van der Waals surface area contributed by atoms with E-state index in [0.29, 0.717) is 38.0 Å². The van der Waals surface area contributed by atoms with Gasteiger partial charge >= 0.3 is 0 Å². The van der Waals surface area contributed by atoms with Crippen molar-refractivity contribution in [1.29, 1.82) is 0 Å². The Bertz CT molecular complexity index is 399. The summed E-state index contributed by atoms with van der Waals surface area (Å²) in [6.07, 6.45) is 3.92. The molecule has 2 aliphatic heterocycles. The first-order valence-corrected chi connectivity index (χ1v) is 8.81. The molecule has 5 nitrogen and oxygen atoms in total. The maximum Gasteiger partial charge on any atom is 0.282 e. The molecule has 0 spiro atoms. The number of nitrogens with two attached hydrogens (primary N) is 1. The van der Waals surface area contributed by atoms with E-state index in [-0.39, 0.29) is 6.04 Å². The van der Waals surface area contributed by atoms with Crippen LogP contribution in [0.5, 0.6) is 0 Å². The molecule has 0 aromatic heterocycles. The minimum Gasteiger partial charge on any atom is -0.330 e. The lowest BCUT2D eigenvalue weighted by Crippen LogP contribution is -2.53. The maximum absolute atomic E-state index is 12.7. The highest BCUT2D eigenvalue weighted by molar-refractivity contribution is 7.86. The van der Waals surface area contributed by atoms with Crippen molar-refractivity contribution in [2.24, 2.45) is 17.6 Å². The van der Waals surface area contributed by atoms with Crippen LogP contribution in [0.25, 0.3) is 0 Å². The van der Waals surface area contributed by atoms with Crippen LogP contribution in [0.1, 0.15) is 39.5 Å². The zero-order valence-electron chi connectivity index (χ0n) is 12.1. The monoisotopic (exact) mass is 289 g/mol. The molecule has 0 radical (unpaired) electrons. The molecule has 0 amide bonds. The summed E-state index contributed by atoms with van der Waals surface area (Å²) in [6.45, 7) is 6.71. The van der Waals surface area contributed by atoms with E-state index in [1.807, 2.05) is 6.92 Å². The first-order chi connectivity index (χ1) is 8.95. The van der Waals surface area contributed by atoms with Crippen LogP contribution < -0.4 is 5.73 Å². The van der Waals surface area contributed by atoms with Crippen LogP contribution in [0.15, 0.2) is 0 Å². The summed E-state index contributed by atoms with van der Waals surface area (Å²) in [5, 5.41) is 0. The predicted octanol–water partition coefficient (Wildman–Crippen LogP) is 1.02. The Labute approximate surface area is 117 Å². The van der Waals surface area contributed by atoms with Gasteiger partial charge in [0.25, 0.3) is 10.2 Å². The van der Waals surface area contributed by atoms with Gasteiger partial charge in [-0.25, -0.2) is 0 Å². The summed E-state index contributed by atoms with van der Waals surface area (Å²) in [5.74, 6) is 0.946. The number of rotatable bonds is 3. The van der Waals surface area contributed by atoms with Gasteiger partial charge < -0.3 is 5.73 Å². The summed E-state index contributed by atoms with van der Waals surface area (Å²) in [7, 11) is -3.29. The molecule has 2 fully saturated rings. The van der Waals surface area contributed by atoms with Gasteiger partial charge in [-0.1, -0.05) is 6.92 Å².